The third-order valence-corrected chi connectivity index (χ3v) is 1.60. The lowest BCUT2D eigenvalue weighted by Crippen LogP contribution is -2.29. The van der Waals surface area contributed by atoms with Crippen molar-refractivity contribution in [3.05, 3.63) is 29.8 Å². The Morgan fingerprint density at radius 1 is 1.20 bits per heavy atom. The van der Waals surface area contributed by atoms with Gasteiger partial charge in [-0.15, -0.1) is 0 Å². The number of hydrogen-bond acceptors (Lipinski definition) is 2. The third kappa shape index (κ3) is 3.39. The number of aliphatic hydroxyl groups excluding tert-OH is 1. The molecule has 1 aromatic rings. The molecule has 0 radical (unpaired) electrons. The molecule has 0 aliphatic rings. The van der Waals surface area contributed by atoms with Crippen LogP contribution in [0.1, 0.15) is 5.56 Å². The Hall–Kier alpha value is -1.30. The first-order valence-electron chi connectivity index (χ1n) is 4.00. The topological polar surface area (TPSA) is 29.5 Å². The van der Waals surface area contributed by atoms with E-state index in [2.05, 4.69) is 4.74 Å². The molecule has 6 heteroatoms. The maximum Gasteiger partial charge on any atom is 0.457 e. The molecule has 1 atom stereocenters. The summed E-state index contributed by atoms with van der Waals surface area (Å²) < 4.78 is 51.6. The fraction of sp³-hybridized carbons (Fsp3) is 0.333. The number of halogens is 4. The second kappa shape index (κ2) is 4.48. The van der Waals surface area contributed by atoms with Crippen molar-refractivity contribution >= 4 is 0 Å². The van der Waals surface area contributed by atoms with Gasteiger partial charge in [0.25, 0.3) is 0 Å². The number of alkyl halides is 4. The average molecular weight is 224 g/mol. The zero-order valence-electron chi connectivity index (χ0n) is 7.46. The molecular weight excluding hydrogens is 216 g/mol. The van der Waals surface area contributed by atoms with Crippen LogP contribution in [0.25, 0.3) is 0 Å². The summed E-state index contributed by atoms with van der Waals surface area (Å²) in [5.41, 5.74) is 0.504. The highest BCUT2D eigenvalue weighted by atomic mass is 19.4. The number of hydrogen-bond donors (Lipinski definition) is 1. The summed E-state index contributed by atoms with van der Waals surface area (Å²) in [6, 6.07) is 5.00. The van der Waals surface area contributed by atoms with E-state index in [1.165, 1.54) is 12.1 Å². The highest BCUT2D eigenvalue weighted by Crippen LogP contribution is 2.26. The first kappa shape index (κ1) is 11.8. The molecule has 84 valence electrons. The SMILES string of the molecule is OCc1ccc(OC(F)C(F)(F)F)cc1. The summed E-state index contributed by atoms with van der Waals surface area (Å²) in [6.07, 6.45) is -8.37. The van der Waals surface area contributed by atoms with Crippen molar-refractivity contribution in [2.24, 2.45) is 0 Å². The van der Waals surface area contributed by atoms with Gasteiger partial charge in [-0.3, -0.25) is 0 Å². The van der Waals surface area contributed by atoms with Crippen molar-refractivity contribution in [1.82, 2.24) is 0 Å². The number of aliphatic hydroxyl groups is 1. The summed E-state index contributed by atoms with van der Waals surface area (Å²) in [4.78, 5) is 0. The van der Waals surface area contributed by atoms with E-state index in [4.69, 9.17) is 5.11 Å². The lowest BCUT2D eigenvalue weighted by atomic mass is 10.2. The molecule has 1 N–H and O–H groups in total. The molecule has 1 aromatic carbocycles. The second-order valence-corrected chi connectivity index (χ2v) is 2.78. The summed E-state index contributed by atoms with van der Waals surface area (Å²) in [7, 11) is 0. The Balaban J connectivity index is 2.65. The van der Waals surface area contributed by atoms with E-state index in [1.54, 1.807) is 0 Å². The van der Waals surface area contributed by atoms with Crippen molar-refractivity contribution in [3.63, 3.8) is 0 Å². The van der Waals surface area contributed by atoms with E-state index in [0.29, 0.717) is 5.56 Å². The fourth-order valence-corrected chi connectivity index (χ4v) is 0.860. The van der Waals surface area contributed by atoms with Gasteiger partial charge in [-0.2, -0.15) is 17.6 Å². The molecule has 15 heavy (non-hydrogen) atoms. The lowest BCUT2D eigenvalue weighted by molar-refractivity contribution is -0.236. The molecule has 0 amide bonds. The zero-order valence-corrected chi connectivity index (χ0v) is 7.46. The van der Waals surface area contributed by atoms with Gasteiger partial charge in [0, 0.05) is 0 Å². The van der Waals surface area contributed by atoms with Gasteiger partial charge in [-0.25, -0.2) is 0 Å². The molecule has 0 aliphatic carbocycles. The monoisotopic (exact) mass is 224 g/mol. The maximum absolute atomic E-state index is 12.4. The van der Waals surface area contributed by atoms with Crippen LogP contribution in [0.2, 0.25) is 0 Å². The minimum Gasteiger partial charge on any atom is -0.452 e. The first-order chi connectivity index (χ1) is 6.93. The van der Waals surface area contributed by atoms with Gasteiger partial charge in [0.2, 0.25) is 0 Å². The summed E-state index contributed by atoms with van der Waals surface area (Å²) >= 11 is 0. The molecule has 2 nitrogen and oxygen atoms in total. The molecule has 0 saturated carbocycles. The number of ether oxygens (including phenoxy) is 1. The Morgan fingerprint density at radius 2 is 1.73 bits per heavy atom. The maximum atomic E-state index is 12.4. The summed E-state index contributed by atoms with van der Waals surface area (Å²) in [5, 5.41) is 8.64. The summed E-state index contributed by atoms with van der Waals surface area (Å²) in [6.45, 7) is -0.237. The Kier molecular flexibility index (Phi) is 3.52. The van der Waals surface area contributed by atoms with Crippen LogP contribution in [0.15, 0.2) is 24.3 Å². The number of benzene rings is 1. The molecule has 1 unspecified atom stereocenters. The first-order valence-corrected chi connectivity index (χ1v) is 4.00. The number of rotatable bonds is 3. The van der Waals surface area contributed by atoms with Crippen LogP contribution in [-0.4, -0.2) is 17.6 Å². The molecular formula is C9H8F4O2. The van der Waals surface area contributed by atoms with Gasteiger partial charge in [0.05, 0.1) is 6.61 Å². The predicted octanol–water partition coefficient (Wildman–Crippen LogP) is 2.42. The van der Waals surface area contributed by atoms with Crippen molar-refractivity contribution < 1.29 is 27.4 Å². The van der Waals surface area contributed by atoms with Crippen molar-refractivity contribution in [2.45, 2.75) is 19.1 Å². The minimum atomic E-state index is -5.03. The molecule has 0 heterocycles. The largest absolute Gasteiger partial charge is 0.457 e. The third-order valence-electron chi connectivity index (χ3n) is 1.60. The van der Waals surface area contributed by atoms with Crippen LogP contribution in [0.3, 0.4) is 0 Å². The van der Waals surface area contributed by atoms with E-state index in [0.717, 1.165) is 12.1 Å². The van der Waals surface area contributed by atoms with E-state index in [9.17, 15) is 17.6 Å². The highest BCUT2D eigenvalue weighted by Gasteiger charge is 2.42. The van der Waals surface area contributed by atoms with Gasteiger partial charge >= 0.3 is 12.5 Å². The molecule has 0 spiro atoms. The highest BCUT2D eigenvalue weighted by molar-refractivity contribution is 5.26. The van der Waals surface area contributed by atoms with E-state index >= 15 is 0 Å². The van der Waals surface area contributed by atoms with Crippen LogP contribution in [-0.2, 0) is 6.61 Å². The van der Waals surface area contributed by atoms with Crippen molar-refractivity contribution in [2.75, 3.05) is 0 Å². The van der Waals surface area contributed by atoms with Gasteiger partial charge in [0.15, 0.2) is 0 Å². The van der Waals surface area contributed by atoms with E-state index in [1.807, 2.05) is 0 Å². The van der Waals surface area contributed by atoms with Gasteiger partial charge in [-0.1, -0.05) is 12.1 Å². The Bertz CT molecular complexity index is 307. The van der Waals surface area contributed by atoms with E-state index in [-0.39, 0.29) is 12.4 Å². The minimum absolute atomic E-state index is 0.237. The Labute approximate surface area is 83.1 Å². The normalized spacial score (nSPS) is 13.7. The fourth-order valence-electron chi connectivity index (χ4n) is 0.860. The van der Waals surface area contributed by atoms with Crippen LogP contribution < -0.4 is 4.74 Å². The van der Waals surface area contributed by atoms with E-state index < -0.39 is 12.5 Å². The molecule has 0 aliphatic heterocycles. The van der Waals surface area contributed by atoms with Crippen molar-refractivity contribution in [1.29, 1.82) is 0 Å². The lowest BCUT2D eigenvalue weighted by Gasteiger charge is -2.14. The zero-order chi connectivity index (χ0) is 11.5. The summed E-state index contributed by atoms with van der Waals surface area (Å²) in [5.74, 6) is -0.239. The Morgan fingerprint density at radius 3 is 2.13 bits per heavy atom. The van der Waals surface area contributed by atoms with Crippen LogP contribution in [0.5, 0.6) is 5.75 Å². The molecule has 0 fully saturated rings. The van der Waals surface area contributed by atoms with Crippen LogP contribution in [0.4, 0.5) is 17.6 Å². The van der Waals surface area contributed by atoms with Gasteiger partial charge in [-0.05, 0) is 17.7 Å². The smallest absolute Gasteiger partial charge is 0.452 e. The van der Waals surface area contributed by atoms with Crippen LogP contribution >= 0.6 is 0 Å². The predicted molar refractivity (Wildman–Crippen MR) is 43.9 cm³/mol. The van der Waals surface area contributed by atoms with Gasteiger partial charge in [0.1, 0.15) is 5.75 Å². The van der Waals surface area contributed by atoms with Gasteiger partial charge < -0.3 is 9.84 Å². The molecule has 0 aromatic heterocycles. The second-order valence-electron chi connectivity index (χ2n) is 2.78. The molecule has 0 bridgehead atoms. The van der Waals surface area contributed by atoms with Crippen LogP contribution in [0, 0.1) is 0 Å². The molecule has 0 saturated heterocycles. The van der Waals surface area contributed by atoms with Crippen molar-refractivity contribution in [3.8, 4) is 5.75 Å². The quantitative estimate of drug-likeness (QED) is 0.799. The average Bonchev–Trinajstić information content (AvgIpc) is 2.17. The standard InChI is InChI=1S/C9H8F4O2/c10-8(9(11,12)13)15-7-3-1-6(5-14)2-4-7/h1-4,8,14H,5H2. The molecule has 1 rings (SSSR count).